The highest BCUT2D eigenvalue weighted by Gasteiger charge is 2.38. The zero-order valence-electron chi connectivity index (χ0n) is 18.8. The Morgan fingerprint density at radius 1 is 1.21 bits per heavy atom. The highest BCUT2D eigenvalue weighted by atomic mass is 16.3. The summed E-state index contributed by atoms with van der Waals surface area (Å²) in [7, 11) is 0. The maximum absolute atomic E-state index is 10.0. The summed E-state index contributed by atoms with van der Waals surface area (Å²) in [5.41, 5.74) is 2.86. The van der Waals surface area contributed by atoms with Crippen molar-refractivity contribution in [2.24, 2.45) is 0 Å². The monoisotopic (exact) mass is 443 g/mol. The molecule has 0 unspecified atom stereocenters. The van der Waals surface area contributed by atoms with Crippen LogP contribution in [-0.2, 0) is 6.42 Å². The highest BCUT2D eigenvalue weighted by Crippen LogP contribution is 2.39. The van der Waals surface area contributed by atoms with Crippen LogP contribution in [0, 0.1) is 11.3 Å². The van der Waals surface area contributed by atoms with E-state index in [1.807, 2.05) is 12.3 Å². The number of hydrogen-bond acceptors (Lipinski definition) is 8. The number of aromatic nitrogens is 7. The van der Waals surface area contributed by atoms with Crippen LogP contribution in [0.3, 0.4) is 0 Å². The molecule has 33 heavy (non-hydrogen) atoms. The van der Waals surface area contributed by atoms with Gasteiger partial charge in [-0.15, -0.1) is 5.10 Å². The zero-order chi connectivity index (χ0) is 23.2. The van der Waals surface area contributed by atoms with Crippen LogP contribution >= 0.6 is 0 Å². The number of fused-ring (bicyclic) bond motifs is 1. The number of pyridine rings is 2. The molecule has 0 bridgehead atoms. The summed E-state index contributed by atoms with van der Waals surface area (Å²) in [6.07, 6.45) is 10.2. The number of aliphatic hydroxyl groups is 1. The maximum atomic E-state index is 10.0. The molecule has 4 aromatic rings. The highest BCUT2D eigenvalue weighted by molar-refractivity contribution is 5.77. The van der Waals surface area contributed by atoms with E-state index >= 15 is 0 Å². The van der Waals surface area contributed by atoms with E-state index in [1.54, 1.807) is 41.7 Å². The van der Waals surface area contributed by atoms with Gasteiger partial charge in [-0.05, 0) is 52.5 Å². The van der Waals surface area contributed by atoms with Crippen molar-refractivity contribution in [3.63, 3.8) is 0 Å². The molecule has 0 spiro atoms. The van der Waals surface area contributed by atoms with Crippen molar-refractivity contribution >= 4 is 16.7 Å². The Morgan fingerprint density at radius 3 is 2.76 bits per heavy atom. The molecule has 0 amide bonds. The van der Waals surface area contributed by atoms with Gasteiger partial charge < -0.3 is 10.4 Å². The molecule has 0 radical (unpaired) electrons. The minimum absolute atomic E-state index is 0.0316. The Kier molecular flexibility index (Phi) is 4.87. The van der Waals surface area contributed by atoms with Crippen molar-refractivity contribution in [1.29, 1.82) is 5.26 Å². The summed E-state index contributed by atoms with van der Waals surface area (Å²) in [6, 6.07) is 5.79. The van der Waals surface area contributed by atoms with Crippen molar-refractivity contribution in [3.8, 4) is 17.6 Å². The third-order valence-electron chi connectivity index (χ3n) is 5.84. The smallest absolute Gasteiger partial charge is 0.164 e. The number of hydrogen-bond donors (Lipinski definition) is 2. The lowest BCUT2D eigenvalue weighted by atomic mass is 10.0. The molecule has 0 aromatic carbocycles. The van der Waals surface area contributed by atoms with E-state index in [1.165, 1.54) is 6.20 Å². The largest absolute Gasteiger partial charge is 0.390 e. The average Bonchev–Trinajstić information content (AvgIpc) is 3.17. The Hall–Kier alpha value is -3.84. The molecular formula is C23H25N9O. The summed E-state index contributed by atoms with van der Waals surface area (Å²) in [4.78, 5) is 9.02. The fourth-order valence-corrected chi connectivity index (χ4v) is 3.59. The lowest BCUT2D eigenvalue weighted by Gasteiger charge is -2.17. The van der Waals surface area contributed by atoms with Crippen LogP contribution in [-0.4, -0.2) is 51.0 Å². The lowest BCUT2D eigenvalue weighted by molar-refractivity contribution is 0.0711. The van der Waals surface area contributed by atoms with Gasteiger partial charge in [0.1, 0.15) is 11.8 Å². The summed E-state index contributed by atoms with van der Waals surface area (Å²) in [5.74, 6) is 0.611. The second-order valence-corrected chi connectivity index (χ2v) is 9.52. The van der Waals surface area contributed by atoms with Crippen LogP contribution in [0.25, 0.3) is 22.5 Å². The molecule has 1 aliphatic carbocycles. The molecule has 4 heterocycles. The van der Waals surface area contributed by atoms with Gasteiger partial charge in [0, 0.05) is 23.2 Å². The standard InChI is InChI=1S/C23H25N9O/c1-22(2,33)5-4-17-14-31(30-29-17)19-13-25-20(9-18(19)28-23(3)6-7-23)32-21-16(12-27-32)8-15(10-24)11-26-21/h8-9,11-14,33H,4-7H2,1-3H3,(H,25,28). The molecule has 10 nitrogen and oxygen atoms in total. The SMILES string of the molecule is CC(C)(O)CCc1cn(-c2cnc(-n3ncc4cc(C#N)cnc43)cc2NC2(C)CC2)nn1. The van der Waals surface area contributed by atoms with Crippen LogP contribution in [0.15, 0.2) is 36.9 Å². The molecule has 5 rings (SSSR count). The van der Waals surface area contributed by atoms with E-state index in [0.717, 1.165) is 35.3 Å². The number of nitriles is 1. The van der Waals surface area contributed by atoms with Crippen molar-refractivity contribution in [2.75, 3.05) is 5.32 Å². The van der Waals surface area contributed by atoms with Crippen LogP contribution in [0.5, 0.6) is 0 Å². The molecule has 2 N–H and O–H groups in total. The van der Waals surface area contributed by atoms with Crippen molar-refractivity contribution < 1.29 is 5.11 Å². The van der Waals surface area contributed by atoms with Crippen molar-refractivity contribution in [1.82, 2.24) is 34.7 Å². The molecule has 168 valence electrons. The van der Waals surface area contributed by atoms with Crippen LogP contribution in [0.4, 0.5) is 5.69 Å². The fraction of sp³-hybridized carbons (Fsp3) is 0.391. The normalized spacial score (nSPS) is 14.9. The Balaban J connectivity index is 1.51. The topological polar surface area (TPSA) is 130 Å². The average molecular weight is 444 g/mol. The van der Waals surface area contributed by atoms with Crippen LogP contribution < -0.4 is 5.32 Å². The Labute approximate surface area is 190 Å². The van der Waals surface area contributed by atoms with Gasteiger partial charge in [0.25, 0.3) is 0 Å². The van der Waals surface area contributed by atoms with E-state index in [9.17, 15) is 5.11 Å². The van der Waals surface area contributed by atoms with Gasteiger partial charge >= 0.3 is 0 Å². The number of aryl methyl sites for hydroxylation is 1. The summed E-state index contributed by atoms with van der Waals surface area (Å²) >= 11 is 0. The van der Waals surface area contributed by atoms with Gasteiger partial charge in [-0.3, -0.25) is 0 Å². The minimum atomic E-state index is -0.755. The fourth-order valence-electron chi connectivity index (χ4n) is 3.59. The summed E-state index contributed by atoms with van der Waals surface area (Å²) in [5, 5.41) is 36.5. The first-order valence-corrected chi connectivity index (χ1v) is 10.9. The van der Waals surface area contributed by atoms with Gasteiger partial charge in [0.05, 0.1) is 41.1 Å². The molecule has 10 heteroatoms. The first-order valence-electron chi connectivity index (χ1n) is 10.9. The summed E-state index contributed by atoms with van der Waals surface area (Å²) in [6.45, 7) is 5.75. The number of nitrogens with zero attached hydrogens (tertiary/aromatic N) is 8. The Morgan fingerprint density at radius 2 is 2.03 bits per heavy atom. The van der Waals surface area contributed by atoms with E-state index in [-0.39, 0.29) is 5.54 Å². The van der Waals surface area contributed by atoms with E-state index < -0.39 is 5.60 Å². The van der Waals surface area contributed by atoms with Gasteiger partial charge in [-0.2, -0.15) is 15.0 Å². The first-order chi connectivity index (χ1) is 15.7. The van der Waals surface area contributed by atoms with E-state index in [4.69, 9.17) is 5.26 Å². The predicted octanol–water partition coefficient (Wildman–Crippen LogP) is 2.94. The van der Waals surface area contributed by atoms with Crippen molar-refractivity contribution in [2.45, 2.75) is 57.6 Å². The third kappa shape index (κ3) is 4.40. The second-order valence-electron chi connectivity index (χ2n) is 9.52. The van der Waals surface area contributed by atoms with Crippen LogP contribution in [0.1, 0.15) is 51.3 Å². The van der Waals surface area contributed by atoms with Gasteiger partial charge in [-0.25, -0.2) is 14.6 Å². The van der Waals surface area contributed by atoms with Crippen LogP contribution in [0.2, 0.25) is 0 Å². The lowest BCUT2D eigenvalue weighted by Crippen LogP contribution is -2.19. The van der Waals surface area contributed by atoms with Crippen molar-refractivity contribution in [3.05, 3.63) is 48.2 Å². The maximum Gasteiger partial charge on any atom is 0.164 e. The molecule has 1 aliphatic rings. The number of nitrogens with one attached hydrogen (secondary N) is 1. The molecule has 4 aromatic heterocycles. The zero-order valence-corrected chi connectivity index (χ0v) is 18.8. The van der Waals surface area contributed by atoms with Gasteiger partial charge in [0.2, 0.25) is 0 Å². The van der Waals surface area contributed by atoms with Gasteiger partial charge in [-0.1, -0.05) is 5.21 Å². The van der Waals surface area contributed by atoms with Gasteiger partial charge in [0.15, 0.2) is 11.5 Å². The second kappa shape index (κ2) is 7.64. The third-order valence-corrected chi connectivity index (χ3v) is 5.84. The molecular weight excluding hydrogens is 418 g/mol. The quantitative estimate of drug-likeness (QED) is 0.446. The summed E-state index contributed by atoms with van der Waals surface area (Å²) < 4.78 is 3.37. The molecule has 1 fully saturated rings. The molecule has 0 atom stereocenters. The predicted molar refractivity (Wildman–Crippen MR) is 122 cm³/mol. The molecule has 0 saturated heterocycles. The Bertz CT molecular complexity index is 1370. The first kappa shape index (κ1) is 21.0. The molecule has 1 saturated carbocycles. The van der Waals surface area contributed by atoms with E-state index in [0.29, 0.717) is 29.9 Å². The number of rotatable bonds is 7. The van der Waals surface area contributed by atoms with E-state index in [2.05, 4.69) is 43.7 Å². The number of anilines is 1. The molecule has 0 aliphatic heterocycles. The minimum Gasteiger partial charge on any atom is -0.390 e.